The van der Waals surface area contributed by atoms with Crippen molar-refractivity contribution in [2.24, 2.45) is 0 Å². The van der Waals surface area contributed by atoms with Crippen LogP contribution in [0.5, 0.6) is 0 Å². The van der Waals surface area contributed by atoms with Crippen LogP contribution in [0.15, 0.2) is 18.2 Å². The van der Waals surface area contributed by atoms with Crippen molar-refractivity contribution in [3.8, 4) is 0 Å². The predicted molar refractivity (Wildman–Crippen MR) is 55.2 cm³/mol. The van der Waals surface area contributed by atoms with Crippen molar-refractivity contribution in [3.63, 3.8) is 0 Å². The lowest BCUT2D eigenvalue weighted by atomic mass is 10.1. The Morgan fingerprint density at radius 3 is 2.75 bits per heavy atom. The number of rotatable bonds is 2. The normalized spacial score (nSPS) is 9.83. The smallest absolute Gasteiger partial charge is 0.258 e. The quantitative estimate of drug-likeness (QED) is 0.474. The molecule has 1 aromatic carbocycles. The van der Waals surface area contributed by atoms with Crippen LogP contribution in [0.3, 0.4) is 0 Å². The molecule has 0 saturated heterocycles. The van der Waals surface area contributed by atoms with Gasteiger partial charge >= 0.3 is 0 Å². The topological polar surface area (TPSA) is 43.1 Å². The molecule has 0 heterocycles. The van der Waals surface area contributed by atoms with E-state index in [9.17, 15) is 10.1 Å². The SMILES string of the molecule is CCc1ccc(I)c([N+](=O)[O-])c1. The van der Waals surface area contributed by atoms with Gasteiger partial charge < -0.3 is 0 Å². The number of nitro groups is 1. The molecule has 0 saturated carbocycles. The summed E-state index contributed by atoms with van der Waals surface area (Å²) in [4.78, 5) is 10.1. The molecule has 0 aliphatic rings. The highest BCUT2D eigenvalue weighted by Gasteiger charge is 2.10. The molecule has 0 amide bonds. The highest BCUT2D eigenvalue weighted by atomic mass is 127. The van der Waals surface area contributed by atoms with Gasteiger partial charge in [-0.2, -0.15) is 0 Å². The Kier molecular flexibility index (Phi) is 3.02. The Bertz CT molecular complexity index is 312. The zero-order chi connectivity index (χ0) is 9.14. The van der Waals surface area contributed by atoms with Crippen LogP contribution in [-0.2, 0) is 6.42 Å². The van der Waals surface area contributed by atoms with Gasteiger partial charge in [-0.1, -0.05) is 13.0 Å². The molecular formula is C8H8INO2. The Morgan fingerprint density at radius 1 is 1.58 bits per heavy atom. The van der Waals surface area contributed by atoms with E-state index in [1.807, 2.05) is 35.6 Å². The van der Waals surface area contributed by atoms with Gasteiger partial charge in [-0.25, -0.2) is 0 Å². The summed E-state index contributed by atoms with van der Waals surface area (Å²) in [6, 6.07) is 5.31. The van der Waals surface area contributed by atoms with Crippen LogP contribution < -0.4 is 0 Å². The molecule has 0 aliphatic heterocycles. The van der Waals surface area contributed by atoms with E-state index < -0.39 is 0 Å². The van der Waals surface area contributed by atoms with E-state index in [2.05, 4.69) is 0 Å². The first kappa shape index (κ1) is 9.44. The molecule has 0 atom stereocenters. The van der Waals surface area contributed by atoms with Crippen LogP contribution in [0.1, 0.15) is 12.5 Å². The molecule has 0 aliphatic carbocycles. The van der Waals surface area contributed by atoms with Gasteiger partial charge in [-0.05, 0) is 40.6 Å². The van der Waals surface area contributed by atoms with Crippen LogP contribution >= 0.6 is 22.6 Å². The fraction of sp³-hybridized carbons (Fsp3) is 0.250. The number of aryl methyl sites for hydroxylation is 1. The summed E-state index contributed by atoms with van der Waals surface area (Å²) in [6.45, 7) is 1.98. The molecule has 0 N–H and O–H groups in total. The molecule has 1 rings (SSSR count). The third-order valence-corrected chi connectivity index (χ3v) is 2.53. The van der Waals surface area contributed by atoms with Crippen LogP contribution in [-0.4, -0.2) is 4.92 Å². The molecule has 4 heteroatoms. The van der Waals surface area contributed by atoms with Crippen molar-refractivity contribution < 1.29 is 4.92 Å². The minimum atomic E-state index is -0.346. The first-order valence-corrected chi connectivity index (χ1v) is 4.66. The number of nitro benzene ring substituents is 1. The van der Waals surface area contributed by atoms with E-state index in [4.69, 9.17) is 0 Å². The number of halogens is 1. The van der Waals surface area contributed by atoms with Crippen LogP contribution in [0.2, 0.25) is 0 Å². The Balaban J connectivity index is 3.17. The summed E-state index contributed by atoms with van der Waals surface area (Å²) in [5.41, 5.74) is 1.21. The minimum absolute atomic E-state index is 0.204. The molecule has 0 radical (unpaired) electrons. The van der Waals surface area contributed by atoms with Gasteiger partial charge in [0.15, 0.2) is 0 Å². The van der Waals surface area contributed by atoms with Crippen molar-refractivity contribution in [3.05, 3.63) is 37.4 Å². The lowest BCUT2D eigenvalue weighted by Crippen LogP contribution is -1.92. The summed E-state index contributed by atoms with van der Waals surface area (Å²) in [5, 5.41) is 10.5. The maximum Gasteiger partial charge on any atom is 0.282 e. The predicted octanol–water partition coefficient (Wildman–Crippen LogP) is 2.76. The van der Waals surface area contributed by atoms with Gasteiger partial charge in [0.1, 0.15) is 0 Å². The second kappa shape index (κ2) is 3.84. The molecule has 1 aromatic rings. The molecule has 0 aromatic heterocycles. The molecule has 0 fully saturated rings. The number of hydrogen-bond acceptors (Lipinski definition) is 2. The highest BCUT2D eigenvalue weighted by Crippen LogP contribution is 2.21. The number of hydrogen-bond donors (Lipinski definition) is 0. The van der Waals surface area contributed by atoms with Gasteiger partial charge in [0.25, 0.3) is 5.69 Å². The second-order valence-electron chi connectivity index (χ2n) is 2.40. The zero-order valence-electron chi connectivity index (χ0n) is 6.58. The van der Waals surface area contributed by atoms with Crippen molar-refractivity contribution in [2.45, 2.75) is 13.3 Å². The second-order valence-corrected chi connectivity index (χ2v) is 3.56. The van der Waals surface area contributed by atoms with Gasteiger partial charge in [0.2, 0.25) is 0 Å². The first-order chi connectivity index (χ1) is 5.65. The van der Waals surface area contributed by atoms with Crippen LogP contribution in [0, 0.1) is 13.7 Å². The van der Waals surface area contributed by atoms with Gasteiger partial charge in [-0.15, -0.1) is 0 Å². The summed E-state index contributed by atoms with van der Waals surface area (Å²) in [5.74, 6) is 0. The molecule has 0 spiro atoms. The Labute approximate surface area is 84.1 Å². The lowest BCUT2D eigenvalue weighted by molar-refractivity contribution is -0.385. The maximum absolute atomic E-state index is 10.5. The van der Waals surface area contributed by atoms with E-state index >= 15 is 0 Å². The third kappa shape index (κ3) is 1.94. The number of benzene rings is 1. The summed E-state index contributed by atoms with van der Waals surface area (Å²) >= 11 is 1.97. The minimum Gasteiger partial charge on any atom is -0.258 e. The van der Waals surface area contributed by atoms with Gasteiger partial charge in [-0.3, -0.25) is 10.1 Å². The summed E-state index contributed by atoms with van der Waals surface area (Å²) < 4.78 is 0.690. The van der Waals surface area contributed by atoms with E-state index in [0.29, 0.717) is 3.57 Å². The van der Waals surface area contributed by atoms with Gasteiger partial charge in [0, 0.05) is 6.07 Å². The van der Waals surface area contributed by atoms with Crippen molar-refractivity contribution in [2.75, 3.05) is 0 Å². The standard InChI is InChI=1S/C8H8INO2/c1-2-6-3-4-7(9)8(5-6)10(11)12/h3-5H,2H2,1H3. The fourth-order valence-electron chi connectivity index (χ4n) is 0.918. The average molecular weight is 277 g/mol. The van der Waals surface area contributed by atoms with Crippen molar-refractivity contribution >= 4 is 28.3 Å². The lowest BCUT2D eigenvalue weighted by Gasteiger charge is -1.98. The van der Waals surface area contributed by atoms with E-state index in [0.717, 1.165) is 12.0 Å². The molecule has 12 heavy (non-hydrogen) atoms. The molecule has 3 nitrogen and oxygen atoms in total. The highest BCUT2D eigenvalue weighted by molar-refractivity contribution is 14.1. The molecule has 0 bridgehead atoms. The largest absolute Gasteiger partial charge is 0.282 e. The average Bonchev–Trinajstić information content (AvgIpc) is 2.05. The fourth-order valence-corrected chi connectivity index (χ4v) is 1.45. The molecule has 0 unspecified atom stereocenters. The first-order valence-electron chi connectivity index (χ1n) is 3.58. The van der Waals surface area contributed by atoms with Crippen LogP contribution in [0.4, 0.5) is 5.69 Å². The van der Waals surface area contributed by atoms with E-state index in [-0.39, 0.29) is 10.6 Å². The maximum atomic E-state index is 10.5. The van der Waals surface area contributed by atoms with Crippen molar-refractivity contribution in [1.29, 1.82) is 0 Å². The van der Waals surface area contributed by atoms with Crippen molar-refractivity contribution in [1.82, 2.24) is 0 Å². The zero-order valence-corrected chi connectivity index (χ0v) is 8.74. The Morgan fingerprint density at radius 2 is 2.25 bits per heavy atom. The summed E-state index contributed by atoms with van der Waals surface area (Å²) in [7, 11) is 0. The number of nitrogens with zero attached hydrogens (tertiary/aromatic N) is 1. The Hall–Kier alpha value is -0.650. The summed E-state index contributed by atoms with van der Waals surface area (Å²) in [6.07, 6.45) is 0.831. The van der Waals surface area contributed by atoms with E-state index in [1.165, 1.54) is 0 Å². The molecular weight excluding hydrogens is 269 g/mol. The van der Waals surface area contributed by atoms with E-state index in [1.54, 1.807) is 12.1 Å². The van der Waals surface area contributed by atoms with Crippen LogP contribution in [0.25, 0.3) is 0 Å². The van der Waals surface area contributed by atoms with Gasteiger partial charge in [0.05, 0.1) is 8.49 Å². The molecule has 64 valence electrons. The monoisotopic (exact) mass is 277 g/mol. The third-order valence-electron chi connectivity index (χ3n) is 1.62.